The van der Waals surface area contributed by atoms with Crippen LogP contribution in [-0.2, 0) is 10.0 Å². The lowest BCUT2D eigenvalue weighted by Gasteiger charge is -2.09. The Kier molecular flexibility index (Phi) is 4.52. The predicted octanol–water partition coefficient (Wildman–Crippen LogP) is 3.96. The number of benzene rings is 2. The van der Waals surface area contributed by atoms with Crippen molar-refractivity contribution >= 4 is 21.1 Å². The number of rotatable bonds is 5. The molecule has 4 rings (SSSR count). The molecule has 0 atom stereocenters. The van der Waals surface area contributed by atoms with Crippen molar-refractivity contribution in [1.82, 2.24) is 8.96 Å². The second-order valence-corrected chi connectivity index (χ2v) is 7.92. The van der Waals surface area contributed by atoms with Crippen LogP contribution < -0.4 is 9.47 Å². The molecule has 0 aliphatic heterocycles. The van der Waals surface area contributed by atoms with E-state index in [4.69, 9.17) is 9.47 Å². The van der Waals surface area contributed by atoms with E-state index in [0.717, 1.165) is 16.5 Å². The minimum atomic E-state index is -3.78. The van der Waals surface area contributed by atoms with Crippen LogP contribution in [0.4, 0.5) is 0 Å². The number of aromatic nitrogens is 2. The molecule has 0 radical (unpaired) electrons. The van der Waals surface area contributed by atoms with Crippen LogP contribution in [0, 0.1) is 0 Å². The molecule has 28 heavy (non-hydrogen) atoms. The molecule has 2 heterocycles. The number of methoxy groups -OCH3 is 2. The summed E-state index contributed by atoms with van der Waals surface area (Å²) in [6.07, 6.45) is 3.18. The fraction of sp³-hybridized carbons (Fsp3) is 0.0952. The van der Waals surface area contributed by atoms with Gasteiger partial charge in [0.15, 0.2) is 17.1 Å². The monoisotopic (exact) mass is 394 g/mol. The number of hydrogen-bond donors (Lipinski definition) is 0. The van der Waals surface area contributed by atoms with Gasteiger partial charge in [-0.15, -0.1) is 0 Å². The third-order valence-corrected chi connectivity index (χ3v) is 6.19. The first kappa shape index (κ1) is 18.1. The van der Waals surface area contributed by atoms with E-state index in [2.05, 4.69) is 4.98 Å². The summed E-state index contributed by atoms with van der Waals surface area (Å²) < 4.78 is 38.3. The van der Waals surface area contributed by atoms with Gasteiger partial charge in [0.1, 0.15) is 0 Å². The molecule has 0 spiro atoms. The zero-order valence-corrected chi connectivity index (χ0v) is 16.2. The van der Waals surface area contributed by atoms with Crippen molar-refractivity contribution in [3.8, 4) is 22.6 Å². The fourth-order valence-corrected chi connectivity index (χ4v) is 4.50. The smallest absolute Gasteiger partial charge is 0.269 e. The Morgan fingerprint density at radius 3 is 2.36 bits per heavy atom. The first-order chi connectivity index (χ1) is 13.6. The van der Waals surface area contributed by atoms with Gasteiger partial charge in [-0.2, -0.15) is 0 Å². The highest BCUT2D eigenvalue weighted by molar-refractivity contribution is 7.90. The molecule has 0 amide bonds. The van der Waals surface area contributed by atoms with E-state index in [1.165, 1.54) is 3.97 Å². The quantitative estimate of drug-likeness (QED) is 0.512. The third-order valence-electron chi connectivity index (χ3n) is 4.53. The Labute approximate surface area is 163 Å². The van der Waals surface area contributed by atoms with Crippen molar-refractivity contribution in [3.63, 3.8) is 0 Å². The number of hydrogen-bond acceptors (Lipinski definition) is 5. The second kappa shape index (κ2) is 7.01. The number of ether oxygens (including phenoxy) is 2. The molecular formula is C21H18N2O4S. The Bertz CT molecular complexity index is 1250. The van der Waals surface area contributed by atoms with E-state index in [0.29, 0.717) is 17.1 Å². The summed E-state index contributed by atoms with van der Waals surface area (Å²) in [5.41, 5.74) is 1.91. The highest BCUT2D eigenvalue weighted by atomic mass is 32.2. The molecule has 0 fully saturated rings. The van der Waals surface area contributed by atoms with Crippen LogP contribution in [0.25, 0.3) is 22.2 Å². The van der Waals surface area contributed by atoms with Crippen LogP contribution >= 0.6 is 0 Å². The SMILES string of the molecule is COc1ccc(-c2cn(S(=O)(=O)c3ccccc3)c3ncccc23)cc1OC. The maximum Gasteiger partial charge on any atom is 0.269 e. The first-order valence-electron chi connectivity index (χ1n) is 8.55. The third kappa shape index (κ3) is 2.90. The van der Waals surface area contributed by atoms with Crippen LogP contribution in [0.3, 0.4) is 0 Å². The van der Waals surface area contributed by atoms with Gasteiger partial charge in [0.2, 0.25) is 0 Å². The molecule has 0 unspecified atom stereocenters. The van der Waals surface area contributed by atoms with Crippen LogP contribution in [0.15, 0.2) is 78.0 Å². The fourth-order valence-electron chi connectivity index (χ4n) is 3.15. The molecule has 7 heteroatoms. The minimum Gasteiger partial charge on any atom is -0.493 e. The van der Waals surface area contributed by atoms with Gasteiger partial charge < -0.3 is 9.47 Å². The van der Waals surface area contributed by atoms with E-state index in [1.807, 2.05) is 18.2 Å². The molecule has 4 aromatic rings. The van der Waals surface area contributed by atoms with Gasteiger partial charge in [0, 0.05) is 23.3 Å². The highest BCUT2D eigenvalue weighted by Gasteiger charge is 2.22. The summed E-state index contributed by atoms with van der Waals surface area (Å²) in [6.45, 7) is 0. The number of pyridine rings is 1. The molecule has 0 N–H and O–H groups in total. The molecular weight excluding hydrogens is 376 g/mol. The summed E-state index contributed by atoms with van der Waals surface area (Å²) in [5, 5.41) is 0.731. The van der Waals surface area contributed by atoms with E-state index < -0.39 is 10.0 Å². The van der Waals surface area contributed by atoms with Gasteiger partial charge in [-0.05, 0) is 42.0 Å². The Morgan fingerprint density at radius 1 is 0.893 bits per heavy atom. The van der Waals surface area contributed by atoms with Gasteiger partial charge in [-0.3, -0.25) is 0 Å². The largest absolute Gasteiger partial charge is 0.493 e. The van der Waals surface area contributed by atoms with Crippen molar-refractivity contribution in [2.24, 2.45) is 0 Å². The molecule has 0 saturated heterocycles. The Hall–Kier alpha value is -3.32. The van der Waals surface area contributed by atoms with E-state index in [-0.39, 0.29) is 4.90 Å². The lowest BCUT2D eigenvalue weighted by molar-refractivity contribution is 0.355. The van der Waals surface area contributed by atoms with Gasteiger partial charge in [-0.25, -0.2) is 17.4 Å². The molecule has 142 valence electrons. The molecule has 0 aliphatic carbocycles. The van der Waals surface area contributed by atoms with Crippen LogP contribution in [0.1, 0.15) is 0 Å². The Balaban J connectivity index is 1.96. The summed E-state index contributed by atoms with van der Waals surface area (Å²) in [4.78, 5) is 4.53. The highest BCUT2D eigenvalue weighted by Crippen LogP contribution is 2.36. The molecule has 6 nitrogen and oxygen atoms in total. The van der Waals surface area contributed by atoms with Gasteiger partial charge in [0.05, 0.1) is 19.1 Å². The van der Waals surface area contributed by atoms with E-state index in [9.17, 15) is 8.42 Å². The molecule has 2 aromatic carbocycles. The van der Waals surface area contributed by atoms with Crippen LogP contribution in [0.2, 0.25) is 0 Å². The van der Waals surface area contributed by atoms with Gasteiger partial charge >= 0.3 is 0 Å². The van der Waals surface area contributed by atoms with Crippen molar-refractivity contribution in [3.05, 3.63) is 73.1 Å². The van der Waals surface area contributed by atoms with Crippen molar-refractivity contribution in [2.75, 3.05) is 14.2 Å². The molecule has 0 aliphatic rings. The lowest BCUT2D eigenvalue weighted by Crippen LogP contribution is -2.12. The van der Waals surface area contributed by atoms with Gasteiger partial charge in [-0.1, -0.05) is 24.3 Å². The maximum absolute atomic E-state index is 13.2. The zero-order chi connectivity index (χ0) is 19.7. The van der Waals surface area contributed by atoms with E-state index in [1.54, 1.807) is 69.1 Å². The van der Waals surface area contributed by atoms with Crippen LogP contribution in [0.5, 0.6) is 11.5 Å². The summed E-state index contributed by atoms with van der Waals surface area (Å²) in [6, 6.07) is 17.4. The van der Waals surface area contributed by atoms with Crippen molar-refractivity contribution < 1.29 is 17.9 Å². The molecule has 0 bridgehead atoms. The van der Waals surface area contributed by atoms with Gasteiger partial charge in [0.25, 0.3) is 10.0 Å². The topological polar surface area (TPSA) is 70.4 Å². The zero-order valence-electron chi connectivity index (χ0n) is 15.4. The summed E-state index contributed by atoms with van der Waals surface area (Å²) in [7, 11) is -0.652. The normalized spacial score (nSPS) is 11.5. The van der Waals surface area contributed by atoms with Crippen LogP contribution in [-0.4, -0.2) is 31.6 Å². The van der Waals surface area contributed by atoms with E-state index >= 15 is 0 Å². The predicted molar refractivity (Wildman–Crippen MR) is 107 cm³/mol. The average molecular weight is 394 g/mol. The number of fused-ring (bicyclic) bond motifs is 1. The maximum atomic E-state index is 13.2. The summed E-state index contributed by atoms with van der Waals surface area (Å²) in [5.74, 6) is 1.17. The molecule has 0 saturated carbocycles. The molecule has 2 aromatic heterocycles. The first-order valence-corrected chi connectivity index (χ1v) is 9.99. The lowest BCUT2D eigenvalue weighted by atomic mass is 10.1. The Morgan fingerprint density at radius 2 is 1.64 bits per heavy atom. The minimum absolute atomic E-state index is 0.205. The standard InChI is InChI=1S/C21H18N2O4S/c1-26-19-11-10-15(13-20(19)27-2)18-14-23(21-17(18)9-6-12-22-21)28(24,25)16-7-4-3-5-8-16/h3-14H,1-2H3. The second-order valence-electron chi connectivity index (χ2n) is 6.10. The summed E-state index contributed by atoms with van der Waals surface area (Å²) >= 11 is 0. The van der Waals surface area contributed by atoms with Crippen molar-refractivity contribution in [1.29, 1.82) is 0 Å². The average Bonchev–Trinajstić information content (AvgIpc) is 3.14. The number of nitrogens with zero attached hydrogens (tertiary/aromatic N) is 2. The van der Waals surface area contributed by atoms with Crippen molar-refractivity contribution in [2.45, 2.75) is 4.90 Å².